The van der Waals surface area contributed by atoms with E-state index in [9.17, 15) is 14.7 Å². The number of halogens is 1. The third-order valence-electron chi connectivity index (χ3n) is 2.78. The lowest BCUT2D eigenvalue weighted by molar-refractivity contribution is -0.142. The summed E-state index contributed by atoms with van der Waals surface area (Å²) in [4.78, 5) is 22.2. The zero-order valence-electron chi connectivity index (χ0n) is 11.2. The van der Waals surface area contributed by atoms with Gasteiger partial charge in [0.25, 0.3) is 0 Å². The standard InChI is InChI=1S/C14H18ClNO4/c1-14(20,8-13(18)19)9-16-12(17)7-6-10-4-2-3-5-11(10)15/h2-5,20H,6-9H2,1H3,(H,16,17)(H,18,19). The molecule has 1 atom stereocenters. The van der Waals surface area contributed by atoms with Crippen molar-refractivity contribution in [2.45, 2.75) is 31.8 Å². The van der Waals surface area contributed by atoms with E-state index in [2.05, 4.69) is 5.32 Å². The maximum atomic E-state index is 11.6. The van der Waals surface area contributed by atoms with Crippen LogP contribution in [0.25, 0.3) is 0 Å². The fraction of sp³-hybridized carbons (Fsp3) is 0.429. The maximum Gasteiger partial charge on any atom is 0.306 e. The Hall–Kier alpha value is -1.59. The number of benzene rings is 1. The molecule has 3 N–H and O–H groups in total. The third-order valence-corrected chi connectivity index (χ3v) is 3.15. The Bertz CT molecular complexity index is 488. The normalized spacial score (nSPS) is 13.6. The molecule has 0 saturated heterocycles. The van der Waals surface area contributed by atoms with Crippen LogP contribution in [0.5, 0.6) is 0 Å². The van der Waals surface area contributed by atoms with Gasteiger partial charge in [0.05, 0.1) is 12.0 Å². The quantitative estimate of drug-likeness (QED) is 0.714. The van der Waals surface area contributed by atoms with Crippen molar-refractivity contribution >= 4 is 23.5 Å². The number of carboxylic acids is 1. The second kappa shape index (κ2) is 7.26. The van der Waals surface area contributed by atoms with Crippen LogP contribution in [0.15, 0.2) is 24.3 Å². The summed E-state index contributed by atoms with van der Waals surface area (Å²) < 4.78 is 0. The largest absolute Gasteiger partial charge is 0.481 e. The zero-order valence-corrected chi connectivity index (χ0v) is 12.0. The van der Waals surface area contributed by atoms with Crippen molar-refractivity contribution in [1.82, 2.24) is 5.32 Å². The van der Waals surface area contributed by atoms with Gasteiger partial charge < -0.3 is 15.5 Å². The molecule has 0 aliphatic rings. The molecule has 1 aromatic rings. The molecule has 0 spiro atoms. The number of aliphatic carboxylic acids is 1. The van der Waals surface area contributed by atoms with E-state index < -0.39 is 18.0 Å². The minimum Gasteiger partial charge on any atom is -0.481 e. The second-order valence-electron chi connectivity index (χ2n) is 4.94. The Morgan fingerprint density at radius 1 is 1.35 bits per heavy atom. The molecule has 0 radical (unpaired) electrons. The zero-order chi connectivity index (χ0) is 15.2. The third kappa shape index (κ3) is 6.04. The van der Waals surface area contributed by atoms with E-state index in [1.165, 1.54) is 6.92 Å². The molecule has 1 unspecified atom stereocenters. The van der Waals surface area contributed by atoms with E-state index in [-0.39, 0.29) is 18.9 Å². The van der Waals surface area contributed by atoms with E-state index in [0.717, 1.165) is 5.56 Å². The number of carbonyl (C=O) groups is 2. The lowest BCUT2D eigenvalue weighted by Gasteiger charge is -2.21. The number of aryl methyl sites for hydroxylation is 1. The Labute approximate surface area is 122 Å². The molecule has 0 aliphatic heterocycles. The summed E-state index contributed by atoms with van der Waals surface area (Å²) in [6.07, 6.45) is 0.303. The number of hydrogen-bond acceptors (Lipinski definition) is 3. The number of nitrogens with one attached hydrogen (secondary N) is 1. The van der Waals surface area contributed by atoms with Gasteiger partial charge in [-0.05, 0) is 25.0 Å². The van der Waals surface area contributed by atoms with Crippen LogP contribution in [0.3, 0.4) is 0 Å². The fourth-order valence-corrected chi connectivity index (χ4v) is 1.95. The molecule has 0 aromatic heterocycles. The molecule has 1 amide bonds. The summed E-state index contributed by atoms with van der Waals surface area (Å²) in [7, 11) is 0. The Kier molecular flexibility index (Phi) is 5.98. The monoisotopic (exact) mass is 299 g/mol. The minimum atomic E-state index is -1.45. The van der Waals surface area contributed by atoms with Gasteiger partial charge >= 0.3 is 5.97 Å². The minimum absolute atomic E-state index is 0.0966. The van der Waals surface area contributed by atoms with Gasteiger partial charge in [0.2, 0.25) is 5.91 Å². The van der Waals surface area contributed by atoms with Crippen molar-refractivity contribution in [3.8, 4) is 0 Å². The van der Waals surface area contributed by atoms with Crippen molar-refractivity contribution in [3.63, 3.8) is 0 Å². The van der Waals surface area contributed by atoms with E-state index in [1.807, 2.05) is 18.2 Å². The first kappa shape index (κ1) is 16.5. The highest BCUT2D eigenvalue weighted by molar-refractivity contribution is 6.31. The highest BCUT2D eigenvalue weighted by Gasteiger charge is 2.24. The Morgan fingerprint density at radius 2 is 2.00 bits per heavy atom. The van der Waals surface area contributed by atoms with Crippen LogP contribution in [0.1, 0.15) is 25.3 Å². The van der Waals surface area contributed by atoms with E-state index >= 15 is 0 Å². The number of carboxylic acid groups (broad SMARTS) is 1. The molecule has 6 heteroatoms. The number of amides is 1. The van der Waals surface area contributed by atoms with Gasteiger partial charge in [-0.3, -0.25) is 9.59 Å². The summed E-state index contributed by atoms with van der Waals surface area (Å²) in [5.41, 5.74) is -0.576. The molecule has 0 aliphatic carbocycles. The molecule has 110 valence electrons. The molecule has 0 saturated carbocycles. The smallest absolute Gasteiger partial charge is 0.306 e. The first-order valence-corrected chi connectivity index (χ1v) is 6.62. The summed E-state index contributed by atoms with van der Waals surface area (Å²) in [5, 5.41) is 21.5. The van der Waals surface area contributed by atoms with Crippen LogP contribution in [0, 0.1) is 0 Å². The molecule has 0 heterocycles. The predicted octanol–water partition coefficient (Wildman–Crippen LogP) is 1.61. The van der Waals surface area contributed by atoms with Crippen molar-refractivity contribution in [2.24, 2.45) is 0 Å². The van der Waals surface area contributed by atoms with Crippen LogP contribution >= 0.6 is 11.6 Å². The summed E-state index contributed by atoms with van der Waals surface area (Å²) in [6.45, 7) is 1.27. The van der Waals surface area contributed by atoms with Crippen LogP contribution in [-0.4, -0.2) is 34.2 Å². The number of carbonyl (C=O) groups excluding carboxylic acids is 1. The van der Waals surface area contributed by atoms with Gasteiger partial charge in [0, 0.05) is 18.0 Å². The summed E-state index contributed by atoms with van der Waals surface area (Å²) in [5.74, 6) is -1.36. The Morgan fingerprint density at radius 3 is 2.60 bits per heavy atom. The van der Waals surface area contributed by atoms with Gasteiger partial charge in [-0.2, -0.15) is 0 Å². The van der Waals surface area contributed by atoms with E-state index in [4.69, 9.17) is 16.7 Å². The van der Waals surface area contributed by atoms with Gasteiger partial charge in [0.15, 0.2) is 0 Å². The number of hydrogen-bond donors (Lipinski definition) is 3. The maximum absolute atomic E-state index is 11.6. The topological polar surface area (TPSA) is 86.6 Å². The first-order chi connectivity index (χ1) is 9.30. The average molecular weight is 300 g/mol. The van der Waals surface area contributed by atoms with Gasteiger partial charge in [-0.1, -0.05) is 29.8 Å². The van der Waals surface area contributed by atoms with Crippen molar-refractivity contribution in [1.29, 1.82) is 0 Å². The SMILES string of the molecule is CC(O)(CNC(=O)CCc1ccccc1Cl)CC(=O)O. The molecule has 20 heavy (non-hydrogen) atoms. The first-order valence-electron chi connectivity index (χ1n) is 6.24. The van der Waals surface area contributed by atoms with Crippen LogP contribution in [0.2, 0.25) is 5.02 Å². The van der Waals surface area contributed by atoms with E-state index in [0.29, 0.717) is 11.4 Å². The highest BCUT2D eigenvalue weighted by atomic mass is 35.5. The van der Waals surface area contributed by atoms with Gasteiger partial charge in [-0.15, -0.1) is 0 Å². The highest BCUT2D eigenvalue weighted by Crippen LogP contribution is 2.16. The van der Waals surface area contributed by atoms with Gasteiger partial charge in [0.1, 0.15) is 0 Å². The number of rotatable bonds is 7. The summed E-state index contributed by atoms with van der Waals surface area (Å²) >= 11 is 5.98. The predicted molar refractivity (Wildman–Crippen MR) is 75.7 cm³/mol. The molecule has 5 nitrogen and oxygen atoms in total. The van der Waals surface area contributed by atoms with Gasteiger partial charge in [-0.25, -0.2) is 0 Å². The second-order valence-corrected chi connectivity index (χ2v) is 5.34. The fourth-order valence-electron chi connectivity index (χ4n) is 1.72. The average Bonchev–Trinajstić information content (AvgIpc) is 2.34. The van der Waals surface area contributed by atoms with E-state index in [1.54, 1.807) is 6.07 Å². The molecule has 1 rings (SSSR count). The molecule has 0 fully saturated rings. The molecular weight excluding hydrogens is 282 g/mol. The molecular formula is C14H18ClNO4. The van der Waals surface area contributed by atoms with Crippen molar-refractivity contribution in [2.75, 3.05) is 6.54 Å². The summed E-state index contributed by atoms with van der Waals surface area (Å²) in [6, 6.07) is 7.26. The van der Waals surface area contributed by atoms with Crippen LogP contribution in [-0.2, 0) is 16.0 Å². The van der Waals surface area contributed by atoms with Crippen molar-refractivity contribution in [3.05, 3.63) is 34.9 Å². The molecule has 0 bridgehead atoms. The lowest BCUT2D eigenvalue weighted by Crippen LogP contribution is -2.42. The van der Waals surface area contributed by atoms with Crippen LogP contribution < -0.4 is 5.32 Å². The van der Waals surface area contributed by atoms with Crippen molar-refractivity contribution < 1.29 is 19.8 Å². The van der Waals surface area contributed by atoms with Crippen LogP contribution in [0.4, 0.5) is 0 Å². The lowest BCUT2D eigenvalue weighted by atomic mass is 10.0. The Balaban J connectivity index is 2.38. The number of aliphatic hydroxyl groups is 1. The molecule has 1 aromatic carbocycles.